The third-order valence-corrected chi connectivity index (χ3v) is 3.89. The highest BCUT2D eigenvalue weighted by Crippen LogP contribution is 2.31. The van der Waals surface area contributed by atoms with Gasteiger partial charge in [0, 0.05) is 15.7 Å². The highest BCUT2D eigenvalue weighted by molar-refractivity contribution is 9.10. The van der Waals surface area contributed by atoms with E-state index >= 15 is 0 Å². The molecule has 21 heavy (non-hydrogen) atoms. The minimum atomic E-state index is 0.429. The molecule has 0 spiro atoms. The molecule has 1 heterocycles. The molecule has 4 nitrogen and oxygen atoms in total. The Morgan fingerprint density at radius 1 is 1.00 bits per heavy atom. The SMILES string of the molecule is Cc1ccc(-c2noc(-c3cc(C)ccc3N)n2)c(Br)c1. The summed E-state index contributed by atoms with van der Waals surface area (Å²) in [6, 6.07) is 11.7. The zero-order valence-electron chi connectivity index (χ0n) is 11.7. The Bertz CT molecular complexity index is 811. The average molecular weight is 344 g/mol. The van der Waals surface area contributed by atoms with Crippen molar-refractivity contribution in [3.05, 3.63) is 52.0 Å². The van der Waals surface area contributed by atoms with Gasteiger partial charge in [-0.25, -0.2) is 0 Å². The van der Waals surface area contributed by atoms with Gasteiger partial charge >= 0.3 is 0 Å². The predicted octanol–water partition coefficient (Wildman–Crippen LogP) is 4.37. The fourth-order valence-electron chi connectivity index (χ4n) is 2.10. The van der Waals surface area contributed by atoms with Crippen molar-refractivity contribution in [1.29, 1.82) is 0 Å². The molecule has 2 N–H and O–H groups in total. The van der Waals surface area contributed by atoms with Crippen molar-refractivity contribution in [3.63, 3.8) is 0 Å². The lowest BCUT2D eigenvalue weighted by Gasteiger charge is -2.01. The molecule has 0 amide bonds. The highest BCUT2D eigenvalue weighted by atomic mass is 79.9. The van der Waals surface area contributed by atoms with Gasteiger partial charge in [0.05, 0.1) is 5.56 Å². The van der Waals surface area contributed by atoms with E-state index in [2.05, 4.69) is 26.1 Å². The minimum absolute atomic E-state index is 0.429. The quantitative estimate of drug-likeness (QED) is 0.702. The molecule has 0 bridgehead atoms. The van der Waals surface area contributed by atoms with E-state index in [0.29, 0.717) is 17.4 Å². The van der Waals surface area contributed by atoms with Crippen LogP contribution in [0.3, 0.4) is 0 Å². The third kappa shape index (κ3) is 2.69. The monoisotopic (exact) mass is 343 g/mol. The Hall–Kier alpha value is -2.14. The molecule has 0 aliphatic carbocycles. The van der Waals surface area contributed by atoms with Gasteiger partial charge in [0.25, 0.3) is 5.89 Å². The number of aromatic nitrogens is 2. The summed E-state index contributed by atoms with van der Waals surface area (Å²) in [5.41, 5.74) is 10.5. The number of aryl methyl sites for hydroxylation is 2. The topological polar surface area (TPSA) is 64.9 Å². The number of rotatable bonds is 2. The van der Waals surface area contributed by atoms with Crippen LogP contribution in [0.5, 0.6) is 0 Å². The van der Waals surface area contributed by atoms with Crippen molar-refractivity contribution >= 4 is 21.6 Å². The Morgan fingerprint density at radius 2 is 1.71 bits per heavy atom. The van der Waals surface area contributed by atoms with Crippen LogP contribution in [0.25, 0.3) is 22.8 Å². The number of hydrogen-bond donors (Lipinski definition) is 1. The molecule has 0 fully saturated rings. The Kier molecular flexibility index (Phi) is 3.51. The Labute approximate surface area is 131 Å². The molecule has 0 saturated carbocycles. The van der Waals surface area contributed by atoms with Crippen molar-refractivity contribution in [2.45, 2.75) is 13.8 Å². The average Bonchev–Trinajstić information content (AvgIpc) is 2.91. The summed E-state index contributed by atoms with van der Waals surface area (Å²) < 4.78 is 6.30. The molecular formula is C16H14BrN3O. The summed E-state index contributed by atoms with van der Waals surface area (Å²) in [6.07, 6.45) is 0. The van der Waals surface area contributed by atoms with Crippen LogP contribution >= 0.6 is 15.9 Å². The maximum absolute atomic E-state index is 5.98. The number of benzene rings is 2. The van der Waals surface area contributed by atoms with Crippen LogP contribution in [0.1, 0.15) is 11.1 Å². The first-order chi connectivity index (χ1) is 10.0. The van der Waals surface area contributed by atoms with Crippen molar-refractivity contribution in [1.82, 2.24) is 10.1 Å². The summed E-state index contributed by atoms with van der Waals surface area (Å²) in [5.74, 6) is 0.969. The lowest BCUT2D eigenvalue weighted by Crippen LogP contribution is -1.91. The summed E-state index contributed by atoms with van der Waals surface area (Å²) in [5, 5.41) is 4.05. The van der Waals surface area contributed by atoms with Crippen LogP contribution in [-0.2, 0) is 0 Å². The first kappa shape index (κ1) is 13.8. The van der Waals surface area contributed by atoms with E-state index in [0.717, 1.165) is 26.7 Å². The second-order valence-electron chi connectivity index (χ2n) is 5.00. The lowest BCUT2D eigenvalue weighted by molar-refractivity contribution is 0.432. The van der Waals surface area contributed by atoms with Crippen molar-refractivity contribution in [2.75, 3.05) is 5.73 Å². The van der Waals surface area contributed by atoms with Gasteiger partial charge in [-0.3, -0.25) is 0 Å². The van der Waals surface area contributed by atoms with Crippen molar-refractivity contribution in [2.24, 2.45) is 0 Å². The van der Waals surface area contributed by atoms with E-state index in [9.17, 15) is 0 Å². The number of anilines is 1. The fraction of sp³-hybridized carbons (Fsp3) is 0.125. The zero-order valence-corrected chi connectivity index (χ0v) is 13.3. The van der Waals surface area contributed by atoms with E-state index in [-0.39, 0.29) is 0 Å². The summed E-state index contributed by atoms with van der Waals surface area (Å²) >= 11 is 3.53. The second-order valence-corrected chi connectivity index (χ2v) is 5.85. The molecule has 0 saturated heterocycles. The molecule has 0 aliphatic rings. The van der Waals surface area contributed by atoms with Crippen LogP contribution in [0, 0.1) is 13.8 Å². The second kappa shape index (κ2) is 5.33. The van der Waals surface area contributed by atoms with Gasteiger partial charge in [-0.1, -0.05) is 38.8 Å². The molecule has 1 aromatic heterocycles. The summed E-state index contributed by atoms with van der Waals surface area (Å²) in [7, 11) is 0. The van der Waals surface area contributed by atoms with Gasteiger partial charge in [0.15, 0.2) is 0 Å². The molecule has 3 rings (SSSR count). The van der Waals surface area contributed by atoms with Crippen LogP contribution < -0.4 is 5.73 Å². The lowest BCUT2D eigenvalue weighted by atomic mass is 10.1. The molecule has 0 atom stereocenters. The molecule has 2 aromatic carbocycles. The molecule has 0 aliphatic heterocycles. The van der Waals surface area contributed by atoms with Gasteiger partial charge in [0.1, 0.15) is 0 Å². The molecule has 3 aromatic rings. The zero-order chi connectivity index (χ0) is 15.0. The van der Waals surface area contributed by atoms with Crippen molar-refractivity contribution in [3.8, 4) is 22.8 Å². The van der Waals surface area contributed by atoms with Gasteiger partial charge in [-0.05, 0) is 43.7 Å². The number of hydrogen-bond acceptors (Lipinski definition) is 4. The molecule has 0 unspecified atom stereocenters. The van der Waals surface area contributed by atoms with Crippen LogP contribution in [0.2, 0.25) is 0 Å². The minimum Gasteiger partial charge on any atom is -0.398 e. The Balaban J connectivity index is 2.06. The highest BCUT2D eigenvalue weighted by Gasteiger charge is 2.15. The fourth-order valence-corrected chi connectivity index (χ4v) is 2.77. The first-order valence-electron chi connectivity index (χ1n) is 6.51. The normalized spacial score (nSPS) is 10.8. The van der Waals surface area contributed by atoms with E-state index in [1.54, 1.807) is 0 Å². The number of nitrogens with two attached hydrogens (primary N) is 1. The van der Waals surface area contributed by atoms with E-state index in [4.69, 9.17) is 10.3 Å². The van der Waals surface area contributed by atoms with Crippen LogP contribution in [0.15, 0.2) is 45.4 Å². The summed E-state index contributed by atoms with van der Waals surface area (Å²) in [6.45, 7) is 4.03. The summed E-state index contributed by atoms with van der Waals surface area (Å²) in [4.78, 5) is 4.46. The number of halogens is 1. The first-order valence-corrected chi connectivity index (χ1v) is 7.30. The standard InChI is InChI=1S/C16H14BrN3O/c1-9-4-6-14(18)12(7-9)16-19-15(20-21-16)11-5-3-10(2)8-13(11)17/h3-8H,18H2,1-2H3. The third-order valence-electron chi connectivity index (χ3n) is 3.23. The van der Waals surface area contributed by atoms with Gasteiger partial charge in [-0.15, -0.1) is 0 Å². The Morgan fingerprint density at radius 3 is 2.48 bits per heavy atom. The smallest absolute Gasteiger partial charge is 0.260 e. The predicted molar refractivity (Wildman–Crippen MR) is 86.8 cm³/mol. The van der Waals surface area contributed by atoms with Crippen molar-refractivity contribution < 1.29 is 4.52 Å². The number of nitrogens with zero attached hydrogens (tertiary/aromatic N) is 2. The van der Waals surface area contributed by atoms with Gasteiger partial charge in [-0.2, -0.15) is 4.98 Å². The van der Waals surface area contributed by atoms with E-state index in [1.165, 1.54) is 0 Å². The largest absolute Gasteiger partial charge is 0.398 e. The molecular weight excluding hydrogens is 330 g/mol. The maximum Gasteiger partial charge on any atom is 0.260 e. The molecule has 106 valence electrons. The molecule has 5 heteroatoms. The van der Waals surface area contributed by atoms with Crippen LogP contribution in [0.4, 0.5) is 5.69 Å². The van der Waals surface area contributed by atoms with E-state index < -0.39 is 0 Å². The molecule has 0 radical (unpaired) electrons. The number of nitrogen functional groups attached to an aromatic ring is 1. The van der Waals surface area contributed by atoms with E-state index in [1.807, 2.05) is 50.2 Å². The van der Waals surface area contributed by atoms with Gasteiger partial charge in [0.2, 0.25) is 5.82 Å². The maximum atomic E-state index is 5.98. The van der Waals surface area contributed by atoms with Crippen LogP contribution in [-0.4, -0.2) is 10.1 Å². The van der Waals surface area contributed by atoms with Gasteiger partial charge < -0.3 is 10.3 Å².